The number of halogens is 1. The van der Waals surface area contributed by atoms with Crippen LogP contribution in [0.25, 0.3) is 0 Å². The average molecular weight is 301 g/mol. The summed E-state index contributed by atoms with van der Waals surface area (Å²) in [6.07, 6.45) is 1.80. The minimum Gasteiger partial charge on any atom is -0.377 e. The van der Waals surface area contributed by atoms with Crippen LogP contribution < -0.4 is 5.32 Å². The van der Waals surface area contributed by atoms with Crippen molar-refractivity contribution in [2.45, 2.75) is 32.0 Å². The molecule has 114 valence electrons. The van der Waals surface area contributed by atoms with Crippen LogP contribution >= 0.6 is 0 Å². The number of nitriles is 1. The highest BCUT2D eigenvalue weighted by molar-refractivity contribution is 5.58. The third-order valence-electron chi connectivity index (χ3n) is 3.65. The predicted molar refractivity (Wildman–Crippen MR) is 77.4 cm³/mol. The van der Waals surface area contributed by atoms with Gasteiger partial charge in [-0.2, -0.15) is 10.4 Å². The van der Waals surface area contributed by atoms with Crippen molar-refractivity contribution in [1.82, 2.24) is 14.8 Å². The molecule has 0 spiro atoms. The average Bonchev–Trinajstić information content (AvgIpc) is 2.91. The van der Waals surface area contributed by atoms with E-state index in [2.05, 4.69) is 15.4 Å². The Balaban J connectivity index is 1.89. The van der Waals surface area contributed by atoms with Gasteiger partial charge < -0.3 is 10.1 Å². The molecule has 22 heavy (non-hydrogen) atoms. The number of aromatic nitrogens is 3. The zero-order valence-electron chi connectivity index (χ0n) is 12.2. The van der Waals surface area contributed by atoms with E-state index in [4.69, 9.17) is 10.00 Å². The molecule has 1 aliphatic rings. The molecule has 1 N–H and O–H groups in total. The van der Waals surface area contributed by atoms with Crippen molar-refractivity contribution in [2.75, 3.05) is 12.4 Å². The molecule has 0 aliphatic carbocycles. The first-order chi connectivity index (χ1) is 10.7. The second kappa shape index (κ2) is 6.12. The zero-order valence-corrected chi connectivity index (χ0v) is 12.2. The van der Waals surface area contributed by atoms with Gasteiger partial charge in [0.25, 0.3) is 0 Å². The van der Waals surface area contributed by atoms with E-state index >= 15 is 0 Å². The Labute approximate surface area is 127 Å². The van der Waals surface area contributed by atoms with Crippen LogP contribution in [0.3, 0.4) is 0 Å². The van der Waals surface area contributed by atoms with Crippen molar-refractivity contribution in [1.29, 1.82) is 5.26 Å². The standard InChI is InChI=1S/C15H16FN5O/c1-22-9-14-19-15-13(6-3-7-21(15)20-14)18-12-5-2-4-11(16)10(12)8-17/h2,4-5,13,18H,3,6-7,9H2,1H3. The lowest BCUT2D eigenvalue weighted by Crippen LogP contribution is -2.23. The maximum atomic E-state index is 13.7. The number of rotatable bonds is 4. The van der Waals surface area contributed by atoms with Gasteiger partial charge >= 0.3 is 0 Å². The van der Waals surface area contributed by atoms with Crippen LogP contribution in [-0.4, -0.2) is 21.9 Å². The molecule has 0 amide bonds. The van der Waals surface area contributed by atoms with Gasteiger partial charge in [0.15, 0.2) is 5.82 Å². The number of nitrogens with one attached hydrogen (secondary N) is 1. The first-order valence-electron chi connectivity index (χ1n) is 7.10. The fourth-order valence-electron chi connectivity index (χ4n) is 2.67. The molecule has 1 unspecified atom stereocenters. The fourth-order valence-corrected chi connectivity index (χ4v) is 2.67. The summed E-state index contributed by atoms with van der Waals surface area (Å²) in [6, 6.07) is 6.37. The maximum Gasteiger partial charge on any atom is 0.176 e. The topological polar surface area (TPSA) is 75.8 Å². The molecule has 2 aromatic rings. The highest BCUT2D eigenvalue weighted by atomic mass is 19.1. The molecule has 0 saturated heterocycles. The molecule has 1 aromatic carbocycles. The molecule has 2 heterocycles. The summed E-state index contributed by atoms with van der Waals surface area (Å²) in [4.78, 5) is 4.48. The molecule has 7 heteroatoms. The molecule has 6 nitrogen and oxygen atoms in total. The Bertz CT molecular complexity index is 721. The molecule has 1 aromatic heterocycles. The van der Waals surface area contributed by atoms with Gasteiger partial charge in [-0.15, -0.1) is 0 Å². The second-order valence-electron chi connectivity index (χ2n) is 5.16. The summed E-state index contributed by atoms with van der Waals surface area (Å²) in [5.41, 5.74) is 0.508. The second-order valence-corrected chi connectivity index (χ2v) is 5.16. The van der Waals surface area contributed by atoms with E-state index in [1.54, 1.807) is 19.2 Å². The van der Waals surface area contributed by atoms with Gasteiger partial charge in [-0.05, 0) is 25.0 Å². The SMILES string of the molecule is COCc1nc2n(n1)CCCC2Nc1cccc(F)c1C#N. The summed E-state index contributed by atoms with van der Waals surface area (Å²) >= 11 is 0. The summed E-state index contributed by atoms with van der Waals surface area (Å²) in [6.45, 7) is 1.16. The lowest BCUT2D eigenvalue weighted by Gasteiger charge is -2.24. The first-order valence-corrected chi connectivity index (χ1v) is 7.10. The number of anilines is 1. The molecule has 3 rings (SSSR count). The Morgan fingerprint density at radius 2 is 2.41 bits per heavy atom. The van der Waals surface area contributed by atoms with Crippen molar-refractivity contribution in [3.63, 3.8) is 0 Å². The lowest BCUT2D eigenvalue weighted by molar-refractivity contribution is 0.177. The van der Waals surface area contributed by atoms with E-state index < -0.39 is 5.82 Å². The number of aryl methyl sites for hydroxylation is 1. The van der Waals surface area contributed by atoms with Gasteiger partial charge in [0.1, 0.15) is 29.9 Å². The molecular formula is C15H16FN5O. The number of nitrogens with zero attached hydrogens (tertiary/aromatic N) is 4. The summed E-state index contributed by atoms with van der Waals surface area (Å²) in [5, 5.41) is 16.7. The largest absolute Gasteiger partial charge is 0.377 e. The lowest BCUT2D eigenvalue weighted by atomic mass is 10.1. The smallest absolute Gasteiger partial charge is 0.176 e. The van der Waals surface area contributed by atoms with E-state index in [1.807, 2.05) is 10.8 Å². The molecule has 0 fully saturated rings. The Morgan fingerprint density at radius 3 is 3.18 bits per heavy atom. The number of ether oxygens (including phenoxy) is 1. The highest BCUT2D eigenvalue weighted by Gasteiger charge is 2.25. The fraction of sp³-hybridized carbons (Fsp3) is 0.400. The van der Waals surface area contributed by atoms with Gasteiger partial charge in [-0.1, -0.05) is 6.07 Å². The van der Waals surface area contributed by atoms with Crippen LogP contribution in [0.1, 0.15) is 36.1 Å². The predicted octanol–water partition coefficient (Wildman–Crippen LogP) is 2.38. The van der Waals surface area contributed by atoms with Crippen LogP contribution in [0, 0.1) is 17.1 Å². The third-order valence-corrected chi connectivity index (χ3v) is 3.65. The minimum atomic E-state index is -0.523. The molecule has 1 atom stereocenters. The van der Waals surface area contributed by atoms with E-state index in [0.29, 0.717) is 18.1 Å². The van der Waals surface area contributed by atoms with Crippen LogP contribution in [0.2, 0.25) is 0 Å². The van der Waals surface area contributed by atoms with Gasteiger partial charge in [0.2, 0.25) is 0 Å². The minimum absolute atomic E-state index is 0.0243. The van der Waals surface area contributed by atoms with Crippen molar-refractivity contribution < 1.29 is 9.13 Å². The molecular weight excluding hydrogens is 285 g/mol. The van der Waals surface area contributed by atoms with Gasteiger partial charge in [-0.3, -0.25) is 0 Å². The molecule has 0 saturated carbocycles. The van der Waals surface area contributed by atoms with Gasteiger partial charge in [-0.25, -0.2) is 14.1 Å². The summed E-state index contributed by atoms with van der Waals surface area (Å²) < 4.78 is 20.6. The van der Waals surface area contributed by atoms with Crippen LogP contribution in [0.15, 0.2) is 18.2 Å². The van der Waals surface area contributed by atoms with Crippen LogP contribution in [-0.2, 0) is 17.9 Å². The van der Waals surface area contributed by atoms with Gasteiger partial charge in [0.05, 0.1) is 11.7 Å². The van der Waals surface area contributed by atoms with E-state index in [9.17, 15) is 4.39 Å². The monoisotopic (exact) mass is 301 g/mol. The van der Waals surface area contributed by atoms with Crippen molar-refractivity contribution in [2.24, 2.45) is 0 Å². The number of hydrogen-bond acceptors (Lipinski definition) is 5. The van der Waals surface area contributed by atoms with Crippen molar-refractivity contribution in [3.8, 4) is 6.07 Å². The Morgan fingerprint density at radius 1 is 1.55 bits per heavy atom. The van der Waals surface area contributed by atoms with E-state index in [-0.39, 0.29) is 11.6 Å². The number of benzene rings is 1. The maximum absolute atomic E-state index is 13.7. The van der Waals surface area contributed by atoms with E-state index in [0.717, 1.165) is 25.2 Å². The number of hydrogen-bond donors (Lipinski definition) is 1. The summed E-state index contributed by atoms with van der Waals surface area (Å²) in [7, 11) is 1.60. The summed E-state index contributed by atoms with van der Waals surface area (Å²) in [5.74, 6) is 0.905. The zero-order chi connectivity index (χ0) is 15.5. The van der Waals surface area contributed by atoms with Crippen molar-refractivity contribution >= 4 is 5.69 Å². The molecule has 0 bridgehead atoms. The Kier molecular flexibility index (Phi) is 4.02. The number of fused-ring (bicyclic) bond motifs is 1. The number of methoxy groups -OCH3 is 1. The van der Waals surface area contributed by atoms with Crippen LogP contribution in [0.5, 0.6) is 0 Å². The molecule has 1 aliphatic heterocycles. The first kappa shape index (κ1) is 14.5. The normalized spacial score (nSPS) is 16.9. The molecule has 0 radical (unpaired) electrons. The van der Waals surface area contributed by atoms with Crippen molar-refractivity contribution in [3.05, 3.63) is 41.2 Å². The van der Waals surface area contributed by atoms with E-state index in [1.165, 1.54) is 6.07 Å². The Hall–Kier alpha value is -2.46. The highest BCUT2D eigenvalue weighted by Crippen LogP contribution is 2.29. The van der Waals surface area contributed by atoms with Gasteiger partial charge in [0, 0.05) is 13.7 Å². The van der Waals surface area contributed by atoms with Crippen LogP contribution in [0.4, 0.5) is 10.1 Å². The quantitative estimate of drug-likeness (QED) is 0.938. The third kappa shape index (κ3) is 2.65.